The van der Waals surface area contributed by atoms with Crippen molar-refractivity contribution in [2.45, 2.75) is 50.8 Å². The first kappa shape index (κ1) is 15.1. The van der Waals surface area contributed by atoms with Crippen LogP contribution in [0.15, 0.2) is 18.2 Å². The minimum atomic E-state index is 0.323. The van der Waals surface area contributed by atoms with E-state index in [9.17, 15) is 0 Å². The maximum absolute atomic E-state index is 6.58. The van der Waals surface area contributed by atoms with E-state index in [4.69, 9.17) is 16.3 Å². The predicted molar refractivity (Wildman–Crippen MR) is 88.3 cm³/mol. The van der Waals surface area contributed by atoms with E-state index >= 15 is 0 Å². The van der Waals surface area contributed by atoms with Crippen LogP contribution in [-0.2, 0) is 4.74 Å². The minimum absolute atomic E-state index is 0.323. The fraction of sp³-hybridized carbons (Fsp3) is 0.647. The molecule has 4 heteroatoms. The summed E-state index contributed by atoms with van der Waals surface area (Å²) in [6.45, 7) is 3.91. The number of halogens is 1. The van der Waals surface area contributed by atoms with Gasteiger partial charge in [-0.1, -0.05) is 30.5 Å². The van der Waals surface area contributed by atoms with Crippen LogP contribution < -0.4 is 10.2 Å². The molecule has 0 spiro atoms. The quantitative estimate of drug-likeness (QED) is 0.920. The van der Waals surface area contributed by atoms with E-state index in [-0.39, 0.29) is 0 Å². The lowest BCUT2D eigenvalue weighted by Gasteiger charge is -2.45. The van der Waals surface area contributed by atoms with Gasteiger partial charge >= 0.3 is 0 Å². The molecule has 1 heterocycles. The van der Waals surface area contributed by atoms with Crippen molar-refractivity contribution in [3.05, 3.63) is 28.8 Å². The lowest BCUT2D eigenvalue weighted by atomic mass is 9.89. The van der Waals surface area contributed by atoms with Crippen molar-refractivity contribution in [1.82, 2.24) is 5.32 Å². The molecule has 0 bridgehead atoms. The van der Waals surface area contributed by atoms with Gasteiger partial charge in [0, 0.05) is 12.6 Å². The first-order valence-electron chi connectivity index (χ1n) is 8.05. The highest BCUT2D eigenvalue weighted by Crippen LogP contribution is 2.36. The summed E-state index contributed by atoms with van der Waals surface area (Å²) >= 11 is 6.58. The molecule has 2 aliphatic rings. The predicted octanol–water partition coefficient (Wildman–Crippen LogP) is 3.77. The monoisotopic (exact) mass is 308 g/mol. The van der Waals surface area contributed by atoms with Gasteiger partial charge in [-0.15, -0.1) is 0 Å². The molecule has 1 aromatic carbocycles. The van der Waals surface area contributed by atoms with Crippen molar-refractivity contribution in [2.75, 3.05) is 25.1 Å². The van der Waals surface area contributed by atoms with Gasteiger partial charge in [-0.3, -0.25) is 0 Å². The highest BCUT2D eigenvalue weighted by atomic mass is 35.5. The van der Waals surface area contributed by atoms with Crippen molar-refractivity contribution in [2.24, 2.45) is 0 Å². The molecule has 3 atom stereocenters. The van der Waals surface area contributed by atoms with Crippen molar-refractivity contribution < 1.29 is 4.74 Å². The van der Waals surface area contributed by atoms with Crippen molar-refractivity contribution in [3.63, 3.8) is 0 Å². The summed E-state index contributed by atoms with van der Waals surface area (Å²) in [5.41, 5.74) is 2.41. The maximum Gasteiger partial charge on any atom is 0.0779 e. The summed E-state index contributed by atoms with van der Waals surface area (Å²) in [5.74, 6) is 0. The number of fused-ring (bicyclic) bond motifs is 1. The standard InChI is InChI=1S/C17H25ClN2O/c1-12(19-2)13-7-8-15(14(18)11-13)20-9-10-21-17-6-4-3-5-16(17)20/h7-8,11-12,16-17,19H,3-6,9-10H2,1-2H3. The molecular formula is C17H25ClN2O. The van der Waals surface area contributed by atoms with E-state index in [0.717, 1.165) is 18.2 Å². The van der Waals surface area contributed by atoms with Gasteiger partial charge in [0.25, 0.3) is 0 Å². The normalized spacial score (nSPS) is 27.3. The Bertz CT molecular complexity index is 492. The molecule has 1 N–H and O–H groups in total. The molecule has 2 fully saturated rings. The Morgan fingerprint density at radius 3 is 2.90 bits per heavy atom. The smallest absolute Gasteiger partial charge is 0.0779 e. The summed E-state index contributed by atoms with van der Waals surface area (Å²) in [5, 5.41) is 4.12. The molecule has 3 unspecified atom stereocenters. The second-order valence-corrected chi connectivity index (χ2v) is 6.58. The Kier molecular flexibility index (Phi) is 4.72. The Morgan fingerprint density at radius 1 is 1.33 bits per heavy atom. The average Bonchev–Trinajstić information content (AvgIpc) is 2.53. The summed E-state index contributed by atoms with van der Waals surface area (Å²) in [7, 11) is 1.97. The third kappa shape index (κ3) is 3.05. The molecule has 1 aliphatic heterocycles. The molecule has 0 radical (unpaired) electrons. The largest absolute Gasteiger partial charge is 0.374 e. The zero-order valence-electron chi connectivity index (χ0n) is 12.9. The molecule has 3 rings (SSSR count). The number of benzene rings is 1. The zero-order valence-corrected chi connectivity index (χ0v) is 13.7. The minimum Gasteiger partial charge on any atom is -0.374 e. The number of morpholine rings is 1. The molecule has 0 amide bonds. The Labute approximate surface area is 132 Å². The van der Waals surface area contributed by atoms with Crippen LogP contribution in [-0.4, -0.2) is 32.3 Å². The third-order valence-corrected chi connectivity index (χ3v) is 5.25. The van der Waals surface area contributed by atoms with E-state index in [2.05, 4.69) is 35.3 Å². The topological polar surface area (TPSA) is 24.5 Å². The SMILES string of the molecule is CNC(C)c1ccc(N2CCOC3CCCCC32)c(Cl)c1. The van der Waals surface area contributed by atoms with Gasteiger partial charge in [-0.05, 0) is 44.5 Å². The number of hydrogen-bond acceptors (Lipinski definition) is 3. The van der Waals surface area contributed by atoms with E-state index in [0.29, 0.717) is 18.2 Å². The first-order chi connectivity index (χ1) is 10.2. The third-order valence-electron chi connectivity index (χ3n) is 4.95. The summed E-state index contributed by atoms with van der Waals surface area (Å²) in [6, 6.07) is 7.30. The number of ether oxygens (including phenoxy) is 1. The van der Waals surface area contributed by atoms with Crippen LogP contribution in [0.1, 0.15) is 44.2 Å². The highest BCUT2D eigenvalue weighted by molar-refractivity contribution is 6.33. The first-order valence-corrected chi connectivity index (χ1v) is 8.43. The van der Waals surface area contributed by atoms with Gasteiger partial charge < -0.3 is 15.0 Å². The number of anilines is 1. The van der Waals surface area contributed by atoms with Crippen LogP contribution in [0.2, 0.25) is 5.02 Å². The Balaban J connectivity index is 1.85. The van der Waals surface area contributed by atoms with Crippen molar-refractivity contribution in [1.29, 1.82) is 0 Å². The van der Waals surface area contributed by atoms with E-state index in [1.807, 2.05) is 7.05 Å². The van der Waals surface area contributed by atoms with Crippen LogP contribution in [0.4, 0.5) is 5.69 Å². The number of hydrogen-bond donors (Lipinski definition) is 1. The van der Waals surface area contributed by atoms with Gasteiger partial charge in [0.2, 0.25) is 0 Å². The number of rotatable bonds is 3. The van der Waals surface area contributed by atoms with E-state index < -0.39 is 0 Å². The van der Waals surface area contributed by atoms with Gasteiger partial charge in [-0.2, -0.15) is 0 Å². The summed E-state index contributed by atoms with van der Waals surface area (Å²) in [4.78, 5) is 2.48. The van der Waals surface area contributed by atoms with Crippen LogP contribution in [0.3, 0.4) is 0 Å². The van der Waals surface area contributed by atoms with Crippen LogP contribution in [0.25, 0.3) is 0 Å². The van der Waals surface area contributed by atoms with E-state index in [1.54, 1.807) is 0 Å². The fourth-order valence-corrected chi connectivity index (χ4v) is 3.89. The van der Waals surface area contributed by atoms with Crippen LogP contribution >= 0.6 is 11.6 Å². The molecule has 3 nitrogen and oxygen atoms in total. The second kappa shape index (κ2) is 6.55. The van der Waals surface area contributed by atoms with Gasteiger partial charge in [-0.25, -0.2) is 0 Å². The van der Waals surface area contributed by atoms with Gasteiger partial charge in [0.1, 0.15) is 0 Å². The van der Waals surface area contributed by atoms with E-state index in [1.165, 1.54) is 36.9 Å². The van der Waals surface area contributed by atoms with Crippen molar-refractivity contribution >= 4 is 17.3 Å². The number of nitrogens with zero attached hydrogens (tertiary/aromatic N) is 1. The molecule has 116 valence electrons. The lowest BCUT2D eigenvalue weighted by molar-refractivity contribution is -0.00866. The fourth-order valence-electron chi connectivity index (χ4n) is 3.59. The average molecular weight is 309 g/mol. The van der Waals surface area contributed by atoms with Crippen molar-refractivity contribution in [3.8, 4) is 0 Å². The lowest BCUT2D eigenvalue weighted by Crippen LogP contribution is -2.52. The highest BCUT2D eigenvalue weighted by Gasteiger charge is 2.35. The molecule has 1 saturated heterocycles. The van der Waals surface area contributed by atoms with Gasteiger partial charge in [0.15, 0.2) is 0 Å². The Hall–Kier alpha value is -0.770. The zero-order chi connectivity index (χ0) is 14.8. The van der Waals surface area contributed by atoms with Crippen LogP contribution in [0.5, 0.6) is 0 Å². The second-order valence-electron chi connectivity index (χ2n) is 6.18. The molecular weight excluding hydrogens is 284 g/mol. The molecule has 1 aliphatic carbocycles. The number of nitrogens with one attached hydrogen (secondary N) is 1. The van der Waals surface area contributed by atoms with Gasteiger partial charge in [0.05, 0.1) is 29.5 Å². The Morgan fingerprint density at radius 2 is 2.14 bits per heavy atom. The molecule has 1 aromatic rings. The molecule has 1 saturated carbocycles. The molecule has 21 heavy (non-hydrogen) atoms. The molecule has 0 aromatic heterocycles. The maximum atomic E-state index is 6.58. The summed E-state index contributed by atoms with van der Waals surface area (Å²) < 4.78 is 5.96. The summed E-state index contributed by atoms with van der Waals surface area (Å²) in [6.07, 6.45) is 5.39. The van der Waals surface area contributed by atoms with Crippen LogP contribution in [0, 0.1) is 0 Å².